The Labute approximate surface area is 151 Å². The third-order valence-corrected chi connectivity index (χ3v) is 5.81. The summed E-state index contributed by atoms with van der Waals surface area (Å²) in [6.07, 6.45) is 0.323. The standard InChI is InChI=1S/C18H29N3O3S/c1-7-16(20-21-19)12-17(25(22,23)24-13(2)3)14-8-10-15(11-9-14)18(4,5)6/h8-11,13,16-17H,7,12H2,1-6H3/t16-,17+/m0/s1. The van der Waals surface area contributed by atoms with Gasteiger partial charge in [0, 0.05) is 11.0 Å². The van der Waals surface area contributed by atoms with Gasteiger partial charge in [-0.15, -0.1) is 0 Å². The Bertz CT molecular complexity index is 700. The van der Waals surface area contributed by atoms with Crippen molar-refractivity contribution in [2.45, 2.75) is 77.2 Å². The van der Waals surface area contributed by atoms with Crippen LogP contribution in [0.3, 0.4) is 0 Å². The quantitative estimate of drug-likeness (QED) is 0.271. The first-order chi connectivity index (χ1) is 11.5. The first-order valence-electron chi connectivity index (χ1n) is 8.58. The molecular formula is C18H29N3O3S. The van der Waals surface area contributed by atoms with Gasteiger partial charge in [-0.3, -0.25) is 4.18 Å². The normalized spacial score (nSPS) is 14.8. The van der Waals surface area contributed by atoms with E-state index in [1.54, 1.807) is 13.8 Å². The molecule has 1 aromatic rings. The fourth-order valence-corrected chi connectivity index (χ4v) is 4.19. The summed E-state index contributed by atoms with van der Waals surface area (Å²) in [6.45, 7) is 11.5. The number of benzene rings is 1. The molecule has 2 atom stereocenters. The molecule has 0 spiro atoms. The SMILES string of the molecule is CC[C@@H](C[C@H](c1ccc(C(C)(C)C)cc1)S(=O)(=O)OC(C)C)N=[N+]=[N-]. The van der Waals surface area contributed by atoms with Crippen molar-refractivity contribution in [3.63, 3.8) is 0 Å². The first-order valence-corrected chi connectivity index (χ1v) is 10.0. The van der Waals surface area contributed by atoms with Gasteiger partial charge in [0.2, 0.25) is 0 Å². The largest absolute Gasteiger partial charge is 0.274 e. The topological polar surface area (TPSA) is 92.1 Å². The summed E-state index contributed by atoms with van der Waals surface area (Å²) in [6, 6.07) is 7.15. The van der Waals surface area contributed by atoms with Crippen LogP contribution in [0.5, 0.6) is 0 Å². The van der Waals surface area contributed by atoms with Crippen molar-refractivity contribution in [2.24, 2.45) is 5.11 Å². The highest BCUT2D eigenvalue weighted by atomic mass is 32.2. The summed E-state index contributed by atoms with van der Waals surface area (Å²) in [5.41, 5.74) is 10.5. The van der Waals surface area contributed by atoms with E-state index < -0.39 is 27.5 Å². The van der Waals surface area contributed by atoms with E-state index in [9.17, 15) is 8.42 Å². The number of hydrogen-bond donors (Lipinski definition) is 0. The van der Waals surface area contributed by atoms with Crippen LogP contribution in [0.25, 0.3) is 10.4 Å². The predicted molar refractivity (Wildman–Crippen MR) is 101 cm³/mol. The molecular weight excluding hydrogens is 338 g/mol. The molecule has 0 bridgehead atoms. The molecule has 0 radical (unpaired) electrons. The summed E-state index contributed by atoms with van der Waals surface area (Å²) >= 11 is 0. The molecule has 1 aromatic carbocycles. The van der Waals surface area contributed by atoms with E-state index in [1.165, 1.54) is 0 Å². The lowest BCUT2D eigenvalue weighted by Crippen LogP contribution is -2.23. The van der Waals surface area contributed by atoms with Crippen molar-refractivity contribution in [2.75, 3.05) is 0 Å². The highest BCUT2D eigenvalue weighted by Gasteiger charge is 2.31. The van der Waals surface area contributed by atoms with Crippen molar-refractivity contribution in [3.8, 4) is 0 Å². The molecule has 6 nitrogen and oxygen atoms in total. The maximum absolute atomic E-state index is 12.7. The van der Waals surface area contributed by atoms with Gasteiger partial charge in [0.05, 0.1) is 6.10 Å². The third kappa shape index (κ3) is 6.34. The Morgan fingerprint density at radius 3 is 2.16 bits per heavy atom. The number of rotatable bonds is 8. The molecule has 0 aliphatic rings. The Balaban J connectivity index is 3.28. The van der Waals surface area contributed by atoms with Gasteiger partial charge in [-0.1, -0.05) is 57.1 Å². The van der Waals surface area contributed by atoms with E-state index in [0.29, 0.717) is 12.0 Å². The van der Waals surface area contributed by atoms with Crippen molar-refractivity contribution >= 4 is 10.1 Å². The van der Waals surface area contributed by atoms with Crippen LogP contribution < -0.4 is 0 Å². The Morgan fingerprint density at radius 1 is 1.20 bits per heavy atom. The van der Waals surface area contributed by atoms with E-state index in [4.69, 9.17) is 9.71 Å². The lowest BCUT2D eigenvalue weighted by molar-refractivity contribution is 0.242. The highest BCUT2D eigenvalue weighted by Crippen LogP contribution is 2.33. The zero-order chi connectivity index (χ0) is 19.3. The van der Waals surface area contributed by atoms with Crippen molar-refractivity contribution in [3.05, 3.63) is 45.8 Å². The van der Waals surface area contributed by atoms with Crippen molar-refractivity contribution < 1.29 is 12.6 Å². The van der Waals surface area contributed by atoms with Crippen LogP contribution in [-0.4, -0.2) is 20.6 Å². The van der Waals surface area contributed by atoms with Gasteiger partial charge >= 0.3 is 0 Å². The van der Waals surface area contributed by atoms with Crippen molar-refractivity contribution in [1.29, 1.82) is 0 Å². The molecule has 7 heteroatoms. The Morgan fingerprint density at radius 2 is 1.76 bits per heavy atom. The summed E-state index contributed by atoms with van der Waals surface area (Å²) in [7, 11) is -3.83. The molecule has 0 aliphatic heterocycles. The van der Waals surface area contributed by atoms with E-state index in [0.717, 1.165) is 5.56 Å². The summed E-state index contributed by atoms with van der Waals surface area (Å²) in [5.74, 6) is 0. The second-order valence-electron chi connectivity index (χ2n) is 7.50. The maximum Gasteiger partial charge on any atom is 0.274 e. The molecule has 0 saturated carbocycles. The smallest absolute Gasteiger partial charge is 0.267 e. The Hall–Kier alpha value is -1.56. The predicted octanol–water partition coefficient (Wildman–Crippen LogP) is 5.26. The number of nitrogens with zero attached hydrogens (tertiary/aromatic N) is 3. The minimum absolute atomic E-state index is 0.0155. The zero-order valence-electron chi connectivity index (χ0n) is 15.9. The van der Waals surface area contributed by atoms with Gasteiger partial charge < -0.3 is 0 Å². The van der Waals surface area contributed by atoms with E-state index in [-0.39, 0.29) is 11.8 Å². The molecule has 0 aromatic heterocycles. The molecule has 0 fully saturated rings. The third-order valence-electron chi connectivity index (χ3n) is 4.00. The molecule has 140 valence electrons. The van der Waals surface area contributed by atoms with Gasteiger partial charge in [0.15, 0.2) is 0 Å². The monoisotopic (exact) mass is 367 g/mol. The first kappa shape index (κ1) is 21.5. The van der Waals surface area contributed by atoms with Crippen molar-refractivity contribution in [1.82, 2.24) is 0 Å². The average molecular weight is 368 g/mol. The van der Waals surface area contributed by atoms with E-state index >= 15 is 0 Å². The van der Waals surface area contributed by atoms with Crippen LogP contribution in [0.15, 0.2) is 29.4 Å². The molecule has 1 rings (SSSR count). The second kappa shape index (κ2) is 8.70. The van der Waals surface area contributed by atoms with E-state index in [1.807, 2.05) is 31.2 Å². The average Bonchev–Trinajstić information content (AvgIpc) is 2.49. The van der Waals surface area contributed by atoms with Crippen LogP contribution in [0.2, 0.25) is 0 Å². The highest BCUT2D eigenvalue weighted by molar-refractivity contribution is 7.87. The molecule has 0 amide bonds. The number of azide groups is 1. The summed E-state index contributed by atoms with van der Waals surface area (Å²) in [5, 5.41) is 2.86. The van der Waals surface area contributed by atoms with Gasteiger partial charge in [0.1, 0.15) is 5.25 Å². The molecule has 0 aliphatic carbocycles. The minimum atomic E-state index is -3.83. The van der Waals surface area contributed by atoms with Crippen LogP contribution >= 0.6 is 0 Å². The second-order valence-corrected chi connectivity index (χ2v) is 9.25. The fraction of sp³-hybridized carbons (Fsp3) is 0.667. The van der Waals surface area contributed by atoms with Crippen LogP contribution in [0.1, 0.15) is 70.8 Å². The summed E-state index contributed by atoms with van der Waals surface area (Å²) < 4.78 is 30.7. The van der Waals surface area contributed by atoms with Gasteiger partial charge in [-0.2, -0.15) is 8.42 Å². The minimum Gasteiger partial charge on any atom is -0.267 e. The lowest BCUT2D eigenvalue weighted by Gasteiger charge is -2.23. The van der Waals surface area contributed by atoms with Crippen LogP contribution in [0.4, 0.5) is 0 Å². The lowest BCUT2D eigenvalue weighted by atomic mass is 9.86. The van der Waals surface area contributed by atoms with Crippen LogP contribution in [0, 0.1) is 0 Å². The van der Waals surface area contributed by atoms with Gasteiger partial charge in [-0.05, 0) is 48.8 Å². The molecule has 0 saturated heterocycles. The summed E-state index contributed by atoms with van der Waals surface area (Å²) in [4.78, 5) is 2.83. The molecule has 0 heterocycles. The van der Waals surface area contributed by atoms with Gasteiger partial charge in [0.25, 0.3) is 10.1 Å². The van der Waals surface area contributed by atoms with E-state index in [2.05, 4.69) is 30.8 Å². The fourth-order valence-electron chi connectivity index (χ4n) is 2.57. The number of hydrogen-bond acceptors (Lipinski definition) is 4. The maximum atomic E-state index is 12.7. The molecule has 25 heavy (non-hydrogen) atoms. The zero-order valence-corrected chi connectivity index (χ0v) is 16.7. The molecule has 0 unspecified atom stereocenters. The van der Waals surface area contributed by atoms with Crippen LogP contribution in [-0.2, 0) is 19.7 Å². The molecule has 0 N–H and O–H groups in total. The van der Waals surface area contributed by atoms with Gasteiger partial charge in [-0.25, -0.2) is 0 Å². The Kier molecular flexibility index (Phi) is 7.47.